The molecule has 140 valence electrons. The zero-order valence-corrected chi connectivity index (χ0v) is 16.0. The average Bonchev–Trinajstić information content (AvgIpc) is 3.09. The van der Waals surface area contributed by atoms with Gasteiger partial charge in [0.15, 0.2) is 0 Å². The first-order chi connectivity index (χ1) is 13.6. The van der Waals surface area contributed by atoms with Gasteiger partial charge in [-0.25, -0.2) is 9.67 Å². The van der Waals surface area contributed by atoms with Gasteiger partial charge in [0.05, 0.1) is 17.0 Å². The summed E-state index contributed by atoms with van der Waals surface area (Å²) < 4.78 is 7.83. The lowest BCUT2D eigenvalue weighted by Crippen LogP contribution is -1.99. The molecular formula is C21H18ClN5O. The fraction of sp³-hybridized carbons (Fsp3) is 0.0952. The lowest BCUT2D eigenvalue weighted by molar-refractivity contribution is 0.431. The van der Waals surface area contributed by atoms with Gasteiger partial charge in [-0.05, 0) is 11.6 Å². The van der Waals surface area contributed by atoms with Gasteiger partial charge in [0.1, 0.15) is 10.9 Å². The number of nitrogens with two attached hydrogens (primary N) is 1. The first kappa shape index (κ1) is 18.2. The number of hydrogen-bond acceptors (Lipinski definition) is 5. The van der Waals surface area contributed by atoms with E-state index in [1.54, 1.807) is 23.1 Å². The summed E-state index contributed by atoms with van der Waals surface area (Å²) >= 11 is 6.11. The first-order valence-electron chi connectivity index (χ1n) is 8.72. The lowest BCUT2D eigenvalue weighted by atomic mass is 10.1. The predicted octanol–water partition coefficient (Wildman–Crippen LogP) is 4.45. The molecule has 0 aliphatic carbocycles. The minimum atomic E-state index is 0.336. The maximum Gasteiger partial charge on any atom is 0.218 e. The van der Waals surface area contributed by atoms with E-state index in [9.17, 15) is 0 Å². The zero-order chi connectivity index (χ0) is 19.5. The van der Waals surface area contributed by atoms with Gasteiger partial charge in [0.2, 0.25) is 5.88 Å². The molecule has 0 radical (unpaired) electrons. The van der Waals surface area contributed by atoms with Crippen molar-refractivity contribution in [1.82, 2.24) is 19.7 Å². The van der Waals surface area contributed by atoms with Crippen LogP contribution in [0.5, 0.6) is 11.6 Å². The Balaban J connectivity index is 1.70. The van der Waals surface area contributed by atoms with Gasteiger partial charge < -0.3 is 10.5 Å². The van der Waals surface area contributed by atoms with Crippen LogP contribution < -0.4 is 10.5 Å². The van der Waals surface area contributed by atoms with Crippen molar-refractivity contribution < 1.29 is 4.74 Å². The fourth-order valence-electron chi connectivity index (χ4n) is 2.80. The molecule has 0 aliphatic heterocycles. The van der Waals surface area contributed by atoms with Crippen molar-refractivity contribution in [1.29, 1.82) is 0 Å². The smallest absolute Gasteiger partial charge is 0.218 e. The molecule has 2 N–H and O–H groups in total. The molecule has 1 aromatic carbocycles. The van der Waals surface area contributed by atoms with E-state index in [4.69, 9.17) is 22.1 Å². The van der Waals surface area contributed by atoms with E-state index in [0.29, 0.717) is 23.3 Å². The van der Waals surface area contributed by atoms with E-state index in [2.05, 4.69) is 15.1 Å². The molecule has 0 saturated carbocycles. The van der Waals surface area contributed by atoms with Crippen LogP contribution >= 0.6 is 11.6 Å². The van der Waals surface area contributed by atoms with Crippen molar-refractivity contribution in [3.05, 3.63) is 77.7 Å². The number of ether oxygens (including phenoxy) is 1. The third-order valence-corrected chi connectivity index (χ3v) is 4.50. The van der Waals surface area contributed by atoms with Crippen LogP contribution in [0, 0.1) is 0 Å². The molecule has 4 aromatic rings. The van der Waals surface area contributed by atoms with Crippen LogP contribution in [0.1, 0.15) is 5.56 Å². The van der Waals surface area contributed by atoms with Gasteiger partial charge in [0.25, 0.3) is 0 Å². The second kappa shape index (κ2) is 7.80. The average molecular weight is 392 g/mol. The van der Waals surface area contributed by atoms with Crippen molar-refractivity contribution in [3.63, 3.8) is 0 Å². The highest BCUT2D eigenvalue weighted by atomic mass is 35.5. The van der Waals surface area contributed by atoms with Crippen LogP contribution in [0.15, 0.2) is 67.0 Å². The summed E-state index contributed by atoms with van der Waals surface area (Å²) in [4.78, 5) is 8.64. The number of hydrogen-bond donors (Lipinski definition) is 1. The molecule has 0 fully saturated rings. The highest BCUT2D eigenvalue weighted by Gasteiger charge is 2.14. The minimum Gasteiger partial charge on any atom is -0.438 e. The topological polar surface area (TPSA) is 78.8 Å². The highest BCUT2D eigenvalue weighted by Crippen LogP contribution is 2.34. The Labute approximate surface area is 167 Å². The predicted molar refractivity (Wildman–Crippen MR) is 109 cm³/mol. The largest absolute Gasteiger partial charge is 0.438 e. The third-order valence-electron chi connectivity index (χ3n) is 4.29. The van der Waals surface area contributed by atoms with Crippen molar-refractivity contribution in [2.24, 2.45) is 12.8 Å². The van der Waals surface area contributed by atoms with Crippen LogP contribution in [-0.2, 0) is 13.6 Å². The normalized spacial score (nSPS) is 10.8. The number of nitrogens with zero attached hydrogens (tertiary/aromatic N) is 4. The third kappa shape index (κ3) is 3.74. The molecule has 0 amide bonds. The molecule has 0 saturated heterocycles. The molecule has 0 spiro atoms. The quantitative estimate of drug-likeness (QED) is 0.508. The Bertz CT molecular complexity index is 1090. The monoisotopic (exact) mass is 391 g/mol. The summed E-state index contributed by atoms with van der Waals surface area (Å²) in [6, 6.07) is 17.3. The molecule has 0 atom stereocenters. The van der Waals surface area contributed by atoms with Gasteiger partial charge in [-0.3, -0.25) is 4.98 Å². The van der Waals surface area contributed by atoms with E-state index < -0.39 is 0 Å². The Hall–Kier alpha value is -3.22. The van der Waals surface area contributed by atoms with E-state index in [1.807, 2.05) is 55.6 Å². The molecular weight excluding hydrogens is 374 g/mol. The second-order valence-corrected chi connectivity index (χ2v) is 6.61. The van der Waals surface area contributed by atoms with Crippen molar-refractivity contribution in [2.75, 3.05) is 0 Å². The van der Waals surface area contributed by atoms with Gasteiger partial charge >= 0.3 is 0 Å². The summed E-state index contributed by atoms with van der Waals surface area (Å²) in [7, 11) is 1.83. The summed E-state index contributed by atoms with van der Waals surface area (Å²) in [5, 5.41) is 4.87. The Morgan fingerprint density at radius 2 is 1.82 bits per heavy atom. The molecule has 0 aliphatic rings. The summed E-state index contributed by atoms with van der Waals surface area (Å²) in [5.41, 5.74) is 9.90. The molecule has 0 bridgehead atoms. The number of pyridine rings is 2. The minimum absolute atomic E-state index is 0.336. The number of benzene rings is 1. The second-order valence-electron chi connectivity index (χ2n) is 6.22. The molecule has 3 heterocycles. The van der Waals surface area contributed by atoms with E-state index >= 15 is 0 Å². The molecule has 6 nitrogen and oxygen atoms in total. The molecule has 4 rings (SSSR count). The molecule has 7 heteroatoms. The van der Waals surface area contributed by atoms with Crippen LogP contribution in [0.25, 0.3) is 22.5 Å². The Morgan fingerprint density at radius 3 is 2.54 bits per heavy atom. The highest BCUT2D eigenvalue weighted by molar-refractivity contribution is 6.29. The van der Waals surface area contributed by atoms with Crippen LogP contribution in [-0.4, -0.2) is 19.7 Å². The molecule has 28 heavy (non-hydrogen) atoms. The Kier molecular flexibility index (Phi) is 5.06. The standard InChI is InChI=1S/C21H18ClN5O/c1-27-21(9-18(26-27)15-5-3-2-4-6-15)28-19-10-20(22)25-13-16(19)17-8-7-14(11-23)12-24-17/h2-10,12-13H,11,23H2,1H3. The van der Waals surface area contributed by atoms with Crippen molar-refractivity contribution >= 4 is 11.6 Å². The van der Waals surface area contributed by atoms with Crippen molar-refractivity contribution in [3.8, 4) is 34.1 Å². The van der Waals surface area contributed by atoms with E-state index in [0.717, 1.165) is 28.1 Å². The SMILES string of the molecule is Cn1nc(-c2ccccc2)cc1Oc1cc(Cl)ncc1-c1ccc(CN)cn1. The fourth-order valence-corrected chi connectivity index (χ4v) is 2.95. The van der Waals surface area contributed by atoms with Crippen LogP contribution in [0.2, 0.25) is 5.15 Å². The van der Waals surface area contributed by atoms with Crippen LogP contribution in [0.3, 0.4) is 0 Å². The number of rotatable bonds is 5. The number of aromatic nitrogens is 4. The van der Waals surface area contributed by atoms with Gasteiger partial charge in [0, 0.05) is 43.7 Å². The summed E-state index contributed by atoms with van der Waals surface area (Å²) in [5.74, 6) is 1.14. The Morgan fingerprint density at radius 1 is 1.00 bits per heavy atom. The van der Waals surface area contributed by atoms with E-state index in [-0.39, 0.29) is 0 Å². The maximum atomic E-state index is 6.15. The first-order valence-corrected chi connectivity index (χ1v) is 9.10. The maximum absolute atomic E-state index is 6.15. The van der Waals surface area contributed by atoms with E-state index in [1.165, 1.54) is 0 Å². The zero-order valence-electron chi connectivity index (χ0n) is 15.2. The van der Waals surface area contributed by atoms with Gasteiger partial charge in [-0.1, -0.05) is 48.0 Å². The van der Waals surface area contributed by atoms with Crippen LogP contribution in [0.4, 0.5) is 0 Å². The molecule has 0 unspecified atom stereocenters. The number of halogens is 1. The van der Waals surface area contributed by atoms with Crippen molar-refractivity contribution in [2.45, 2.75) is 6.54 Å². The van der Waals surface area contributed by atoms with Gasteiger partial charge in [-0.15, -0.1) is 0 Å². The number of aryl methyl sites for hydroxylation is 1. The lowest BCUT2D eigenvalue weighted by Gasteiger charge is -2.11. The summed E-state index contributed by atoms with van der Waals surface area (Å²) in [6.07, 6.45) is 3.39. The molecule has 3 aromatic heterocycles. The van der Waals surface area contributed by atoms with Gasteiger partial charge in [-0.2, -0.15) is 5.10 Å². The summed E-state index contributed by atoms with van der Waals surface area (Å²) in [6.45, 7) is 0.437.